The van der Waals surface area contributed by atoms with E-state index in [9.17, 15) is 9.90 Å². The molecule has 1 aromatic heterocycles. The zero-order valence-electron chi connectivity index (χ0n) is 12.0. The molecule has 0 amide bonds. The maximum atomic E-state index is 11.7. The Morgan fingerprint density at radius 2 is 1.75 bits per heavy atom. The maximum absolute atomic E-state index is 11.7. The Balaban J connectivity index is 2.72. The number of aromatic hydroxyl groups is 1. The number of rotatable bonds is 4. The van der Waals surface area contributed by atoms with E-state index in [-0.39, 0.29) is 23.5 Å². The van der Waals surface area contributed by atoms with Crippen molar-refractivity contribution in [2.75, 3.05) is 0 Å². The molecule has 20 heavy (non-hydrogen) atoms. The highest BCUT2D eigenvalue weighted by Gasteiger charge is 2.19. The summed E-state index contributed by atoms with van der Waals surface area (Å²) >= 11 is 0. The van der Waals surface area contributed by atoms with Crippen LogP contribution >= 0.6 is 0 Å². The average Bonchev–Trinajstić information content (AvgIpc) is 2.35. The molecule has 1 aromatic carbocycles. The van der Waals surface area contributed by atoms with Crippen molar-refractivity contribution in [3.63, 3.8) is 0 Å². The minimum atomic E-state index is -0.840. The first-order valence-electron chi connectivity index (χ1n) is 6.52. The average molecular weight is 278 g/mol. The van der Waals surface area contributed by atoms with E-state index in [0.29, 0.717) is 11.1 Å². The molecule has 0 atom stereocenters. The molecule has 1 N–H and O–H groups in total. The van der Waals surface area contributed by atoms with Crippen molar-refractivity contribution in [1.82, 2.24) is 0 Å². The first-order chi connectivity index (χ1) is 9.40. The van der Waals surface area contributed by atoms with E-state index in [2.05, 4.69) is 0 Å². The third-order valence-corrected chi connectivity index (χ3v) is 2.54. The van der Waals surface area contributed by atoms with Crippen LogP contribution < -0.4 is 15.1 Å². The molecule has 0 spiro atoms. The van der Waals surface area contributed by atoms with Crippen molar-refractivity contribution in [2.24, 2.45) is 0 Å². The van der Waals surface area contributed by atoms with Gasteiger partial charge in [-0.05, 0) is 39.8 Å². The lowest BCUT2D eigenvalue weighted by atomic mass is 10.2. The van der Waals surface area contributed by atoms with Gasteiger partial charge in [-0.3, -0.25) is 0 Å². The van der Waals surface area contributed by atoms with Gasteiger partial charge in [-0.15, -0.1) is 0 Å². The van der Waals surface area contributed by atoms with Gasteiger partial charge in [-0.1, -0.05) is 6.07 Å². The molecule has 2 aromatic rings. The summed E-state index contributed by atoms with van der Waals surface area (Å²) in [5, 5.41) is 10.4. The molecule has 0 aliphatic heterocycles. The molecular formula is C15H18O5. The van der Waals surface area contributed by atoms with Crippen LogP contribution in [-0.4, -0.2) is 17.3 Å². The van der Waals surface area contributed by atoms with E-state index in [1.165, 1.54) is 0 Å². The lowest BCUT2D eigenvalue weighted by Gasteiger charge is -2.15. The number of hydrogen-bond acceptors (Lipinski definition) is 5. The first-order valence-corrected chi connectivity index (χ1v) is 6.52. The smallest absolute Gasteiger partial charge is 0.382 e. The highest BCUT2D eigenvalue weighted by Crippen LogP contribution is 2.36. The monoisotopic (exact) mass is 278 g/mol. The van der Waals surface area contributed by atoms with Gasteiger partial charge in [0, 0.05) is 0 Å². The minimum Gasteiger partial charge on any atom is -0.499 e. The fraction of sp³-hybridized carbons (Fsp3) is 0.400. The predicted octanol–water partition coefficient (Wildman–Crippen LogP) is 3.07. The molecule has 5 nitrogen and oxygen atoms in total. The molecule has 0 saturated heterocycles. The lowest BCUT2D eigenvalue weighted by Crippen LogP contribution is -2.11. The van der Waals surface area contributed by atoms with Gasteiger partial charge in [0.25, 0.3) is 0 Å². The van der Waals surface area contributed by atoms with Crippen LogP contribution in [0, 0.1) is 0 Å². The van der Waals surface area contributed by atoms with Crippen molar-refractivity contribution in [3.05, 3.63) is 28.6 Å². The number of fused-ring (bicyclic) bond motifs is 1. The van der Waals surface area contributed by atoms with Crippen molar-refractivity contribution >= 4 is 11.0 Å². The van der Waals surface area contributed by atoms with Crippen molar-refractivity contribution < 1.29 is 19.0 Å². The van der Waals surface area contributed by atoms with Crippen LogP contribution in [0.2, 0.25) is 0 Å². The Kier molecular flexibility index (Phi) is 3.88. The van der Waals surface area contributed by atoms with E-state index in [0.717, 1.165) is 0 Å². The van der Waals surface area contributed by atoms with Gasteiger partial charge in [0.2, 0.25) is 5.75 Å². The fourth-order valence-electron chi connectivity index (χ4n) is 1.86. The van der Waals surface area contributed by atoms with Crippen LogP contribution in [0.5, 0.6) is 17.2 Å². The van der Waals surface area contributed by atoms with Crippen molar-refractivity contribution in [1.29, 1.82) is 0 Å². The molecule has 5 heteroatoms. The number of hydrogen-bond donors (Lipinski definition) is 1. The molecule has 0 unspecified atom stereocenters. The maximum Gasteiger partial charge on any atom is 0.382 e. The van der Waals surface area contributed by atoms with Crippen LogP contribution in [0.1, 0.15) is 27.7 Å². The second kappa shape index (κ2) is 5.45. The quantitative estimate of drug-likeness (QED) is 0.870. The Hall–Kier alpha value is -2.17. The summed E-state index contributed by atoms with van der Waals surface area (Å²) in [6, 6.07) is 5.18. The third kappa shape index (κ3) is 2.71. The van der Waals surface area contributed by atoms with Gasteiger partial charge < -0.3 is 19.0 Å². The highest BCUT2D eigenvalue weighted by molar-refractivity contribution is 5.89. The zero-order chi connectivity index (χ0) is 14.9. The van der Waals surface area contributed by atoms with Gasteiger partial charge in [-0.2, -0.15) is 0 Å². The normalized spacial score (nSPS) is 11.3. The van der Waals surface area contributed by atoms with Crippen LogP contribution in [0.4, 0.5) is 0 Å². The lowest BCUT2D eigenvalue weighted by molar-refractivity contribution is 0.228. The molecule has 2 rings (SSSR count). The molecular weight excluding hydrogens is 260 g/mol. The minimum absolute atomic E-state index is 0.0610. The summed E-state index contributed by atoms with van der Waals surface area (Å²) in [7, 11) is 0. The van der Waals surface area contributed by atoms with E-state index in [1.54, 1.807) is 18.2 Å². The van der Waals surface area contributed by atoms with E-state index in [4.69, 9.17) is 13.9 Å². The summed E-state index contributed by atoms with van der Waals surface area (Å²) in [5.74, 6) is 0.0524. The molecule has 0 radical (unpaired) electrons. The van der Waals surface area contributed by atoms with Crippen LogP contribution in [-0.2, 0) is 0 Å². The number of benzene rings is 1. The molecule has 0 saturated carbocycles. The first kappa shape index (κ1) is 14.2. The fourth-order valence-corrected chi connectivity index (χ4v) is 1.86. The van der Waals surface area contributed by atoms with Gasteiger partial charge in [0.15, 0.2) is 17.1 Å². The number of para-hydroxylation sites is 1. The molecule has 0 bridgehead atoms. The van der Waals surface area contributed by atoms with Crippen LogP contribution in [0.25, 0.3) is 11.0 Å². The topological polar surface area (TPSA) is 68.9 Å². The molecule has 0 aliphatic carbocycles. The zero-order valence-corrected chi connectivity index (χ0v) is 12.0. The summed E-state index contributed by atoms with van der Waals surface area (Å²) in [5.41, 5.74) is -0.562. The van der Waals surface area contributed by atoms with Gasteiger partial charge >= 0.3 is 5.63 Å². The van der Waals surface area contributed by atoms with Gasteiger partial charge in [-0.25, -0.2) is 4.79 Å². The predicted molar refractivity (Wildman–Crippen MR) is 75.7 cm³/mol. The van der Waals surface area contributed by atoms with Crippen LogP contribution in [0.15, 0.2) is 27.4 Å². The SMILES string of the molecule is CC(C)Oc1c(O)c(=O)oc2c(OC(C)C)cccc12. The Bertz CT molecular complexity index is 670. The van der Waals surface area contributed by atoms with Crippen molar-refractivity contribution in [2.45, 2.75) is 39.9 Å². The van der Waals surface area contributed by atoms with Crippen molar-refractivity contribution in [3.8, 4) is 17.2 Å². The molecule has 0 aliphatic rings. The highest BCUT2D eigenvalue weighted by atomic mass is 16.5. The van der Waals surface area contributed by atoms with Gasteiger partial charge in [0.1, 0.15) is 0 Å². The van der Waals surface area contributed by atoms with E-state index in [1.807, 2.05) is 27.7 Å². The standard InChI is InChI=1S/C15H18O5/c1-8(2)18-11-7-5-6-10-13(11)20-15(17)12(16)14(10)19-9(3)4/h5-9,16H,1-4H3. The second-order valence-corrected chi connectivity index (χ2v) is 5.03. The summed E-state index contributed by atoms with van der Waals surface area (Å²) in [4.78, 5) is 11.7. The molecule has 1 heterocycles. The summed E-state index contributed by atoms with van der Waals surface area (Å²) in [6.45, 7) is 7.38. The van der Waals surface area contributed by atoms with E-state index >= 15 is 0 Å². The summed E-state index contributed by atoms with van der Waals surface area (Å²) in [6.07, 6.45) is -0.241. The van der Waals surface area contributed by atoms with Crippen LogP contribution in [0.3, 0.4) is 0 Å². The number of ether oxygens (including phenoxy) is 2. The summed E-state index contributed by atoms with van der Waals surface area (Å²) < 4.78 is 16.3. The molecule has 108 valence electrons. The largest absolute Gasteiger partial charge is 0.499 e. The Labute approximate surface area is 116 Å². The molecule has 0 fully saturated rings. The van der Waals surface area contributed by atoms with E-state index < -0.39 is 11.4 Å². The van der Waals surface area contributed by atoms with Gasteiger partial charge in [0.05, 0.1) is 17.6 Å². The Morgan fingerprint density at radius 1 is 1.10 bits per heavy atom. The second-order valence-electron chi connectivity index (χ2n) is 5.03. The third-order valence-electron chi connectivity index (χ3n) is 2.54. The Morgan fingerprint density at radius 3 is 2.35 bits per heavy atom.